The van der Waals surface area contributed by atoms with Crippen LogP contribution in [0.5, 0.6) is 11.6 Å². The number of likely N-dealkylation sites (N-methyl/N-ethyl adjacent to an activating group) is 1. The summed E-state index contributed by atoms with van der Waals surface area (Å²) in [4.78, 5) is 19.5. The first-order valence-electron chi connectivity index (χ1n) is 14.6. The molecule has 248 valence electrons. The average molecular weight is 670 g/mol. The van der Waals surface area contributed by atoms with Crippen molar-refractivity contribution in [3.05, 3.63) is 36.5 Å². The minimum Gasteiger partial charge on any atom is -0.491 e. The highest BCUT2D eigenvalue weighted by atomic mass is 32.2. The molecular formula is C28H39N5O10S2. The summed E-state index contributed by atoms with van der Waals surface area (Å²) in [5.41, 5.74) is -0.0788. The van der Waals surface area contributed by atoms with E-state index in [0.29, 0.717) is 37.4 Å². The molecule has 1 spiro atoms. The molecule has 17 heteroatoms. The monoisotopic (exact) mass is 669 g/mol. The Morgan fingerprint density at radius 3 is 2.64 bits per heavy atom. The van der Waals surface area contributed by atoms with E-state index in [0.717, 1.165) is 4.90 Å². The number of hydrogen-bond donors (Lipinski definition) is 3. The van der Waals surface area contributed by atoms with Crippen molar-refractivity contribution in [1.29, 1.82) is 0 Å². The second-order valence-electron chi connectivity index (χ2n) is 11.6. The largest absolute Gasteiger partial charge is 0.491 e. The van der Waals surface area contributed by atoms with Crippen molar-refractivity contribution in [2.24, 2.45) is 0 Å². The fourth-order valence-electron chi connectivity index (χ4n) is 6.00. The highest BCUT2D eigenvalue weighted by Gasteiger charge is 2.47. The van der Waals surface area contributed by atoms with Gasteiger partial charge in [-0.3, -0.25) is 0 Å². The number of carboxylic acid groups (broad SMARTS) is 1. The molecule has 1 aromatic carbocycles. The van der Waals surface area contributed by atoms with Crippen molar-refractivity contribution < 1.29 is 46.1 Å². The summed E-state index contributed by atoms with van der Waals surface area (Å²) in [5, 5.41) is 20.6. The molecule has 4 heterocycles. The summed E-state index contributed by atoms with van der Waals surface area (Å²) in [7, 11) is -4.37. The molecule has 3 N–H and O–H groups in total. The zero-order valence-electron chi connectivity index (χ0n) is 25.3. The van der Waals surface area contributed by atoms with Crippen molar-refractivity contribution in [1.82, 2.24) is 18.9 Å². The van der Waals surface area contributed by atoms with Crippen LogP contribution >= 0.6 is 0 Å². The van der Waals surface area contributed by atoms with Gasteiger partial charge < -0.3 is 34.2 Å². The van der Waals surface area contributed by atoms with Crippen molar-refractivity contribution >= 4 is 31.8 Å². The maximum Gasteiger partial charge on any atom is 0.407 e. The van der Waals surface area contributed by atoms with E-state index in [-0.39, 0.29) is 54.5 Å². The third kappa shape index (κ3) is 7.12. The Balaban J connectivity index is 1.17. The number of nitrogens with one attached hydrogen (secondary N) is 1. The number of aliphatic hydroxyl groups excluding tert-OH is 1. The van der Waals surface area contributed by atoms with Crippen LogP contribution in [0.15, 0.2) is 46.3 Å². The molecule has 2 fully saturated rings. The summed E-state index contributed by atoms with van der Waals surface area (Å²) >= 11 is 0. The number of amides is 1. The highest BCUT2D eigenvalue weighted by Crippen LogP contribution is 2.40. The SMILES string of the molecule is CNS(=O)(=O)c1cccc(OC[C@@H](O)CN(C(=O)O)[C@H]2COC3(CCN(S(=O)(=O)c4cnc5c(c4)N(C)C[C@@H](C)O5)CC3)C2)c1. The van der Waals surface area contributed by atoms with Crippen LogP contribution in [0.25, 0.3) is 0 Å². The third-order valence-electron chi connectivity index (χ3n) is 8.44. The van der Waals surface area contributed by atoms with Gasteiger partial charge in [-0.2, -0.15) is 4.31 Å². The minimum atomic E-state index is -3.84. The normalized spacial score (nSPS) is 22.4. The number of piperidine rings is 1. The predicted molar refractivity (Wildman–Crippen MR) is 162 cm³/mol. The van der Waals surface area contributed by atoms with Crippen LogP contribution < -0.4 is 19.1 Å². The van der Waals surface area contributed by atoms with E-state index < -0.39 is 43.9 Å². The van der Waals surface area contributed by atoms with E-state index in [4.69, 9.17) is 14.2 Å². The van der Waals surface area contributed by atoms with Crippen molar-refractivity contribution in [3.63, 3.8) is 0 Å². The molecule has 0 radical (unpaired) electrons. The van der Waals surface area contributed by atoms with Gasteiger partial charge in [-0.05, 0) is 51.4 Å². The Bertz CT molecular complexity index is 1620. The van der Waals surface area contributed by atoms with Gasteiger partial charge >= 0.3 is 6.09 Å². The Morgan fingerprint density at radius 1 is 1.22 bits per heavy atom. The minimum absolute atomic E-state index is 0.00683. The number of nitrogens with zero attached hydrogens (tertiary/aromatic N) is 4. The zero-order valence-corrected chi connectivity index (χ0v) is 27.0. The average Bonchev–Trinajstić information content (AvgIpc) is 3.41. The molecule has 5 rings (SSSR count). The summed E-state index contributed by atoms with van der Waals surface area (Å²) in [6.07, 6.45) is -0.0659. The number of rotatable bonds is 10. The van der Waals surface area contributed by atoms with E-state index in [2.05, 4.69) is 9.71 Å². The number of aliphatic hydroxyl groups is 1. The summed E-state index contributed by atoms with van der Waals surface area (Å²) in [6.45, 7) is 2.51. The molecule has 3 atom stereocenters. The number of anilines is 1. The first kappa shape index (κ1) is 33.2. The van der Waals surface area contributed by atoms with Gasteiger partial charge in [-0.15, -0.1) is 0 Å². The Hall–Kier alpha value is -3.22. The maximum absolute atomic E-state index is 13.5. The lowest BCUT2D eigenvalue weighted by Gasteiger charge is -2.38. The second kappa shape index (κ2) is 12.9. The lowest BCUT2D eigenvalue weighted by Crippen LogP contribution is -2.48. The third-order valence-corrected chi connectivity index (χ3v) is 11.7. The van der Waals surface area contributed by atoms with E-state index in [9.17, 15) is 31.8 Å². The molecule has 1 aromatic heterocycles. The molecule has 3 aliphatic heterocycles. The molecule has 3 aliphatic rings. The van der Waals surface area contributed by atoms with E-state index >= 15 is 0 Å². The van der Waals surface area contributed by atoms with E-state index in [1.165, 1.54) is 41.8 Å². The molecule has 0 bridgehead atoms. The molecule has 2 saturated heterocycles. The van der Waals surface area contributed by atoms with E-state index in [1.807, 2.05) is 18.9 Å². The number of aromatic nitrogens is 1. The van der Waals surface area contributed by atoms with Crippen LogP contribution in [-0.2, 0) is 24.8 Å². The quantitative estimate of drug-likeness (QED) is 0.325. The molecular weight excluding hydrogens is 630 g/mol. The number of benzene rings is 1. The molecule has 2 aromatic rings. The highest BCUT2D eigenvalue weighted by molar-refractivity contribution is 7.89. The van der Waals surface area contributed by atoms with Gasteiger partial charge in [-0.25, -0.2) is 31.3 Å². The fraction of sp³-hybridized carbons (Fsp3) is 0.571. The van der Waals surface area contributed by atoms with Crippen molar-refractivity contribution in [2.75, 3.05) is 58.4 Å². The van der Waals surface area contributed by atoms with Gasteiger partial charge in [0.05, 0.1) is 42.4 Å². The summed E-state index contributed by atoms with van der Waals surface area (Å²) < 4.78 is 72.1. The molecule has 0 aliphatic carbocycles. The summed E-state index contributed by atoms with van der Waals surface area (Å²) in [6, 6.07) is 6.77. The van der Waals surface area contributed by atoms with E-state index in [1.54, 1.807) is 6.07 Å². The van der Waals surface area contributed by atoms with Gasteiger partial charge in [0, 0.05) is 26.2 Å². The number of pyridine rings is 1. The first-order chi connectivity index (χ1) is 21.2. The summed E-state index contributed by atoms with van der Waals surface area (Å²) in [5.74, 6) is 0.602. The Labute approximate surface area is 262 Å². The predicted octanol–water partition coefficient (Wildman–Crippen LogP) is 0.939. The van der Waals surface area contributed by atoms with Crippen LogP contribution in [0, 0.1) is 0 Å². The topological polar surface area (TPSA) is 188 Å². The van der Waals surface area contributed by atoms with Crippen LogP contribution in [0.2, 0.25) is 0 Å². The Kier molecular flexibility index (Phi) is 9.49. The van der Waals surface area contributed by atoms with Crippen LogP contribution in [0.3, 0.4) is 0 Å². The smallest absolute Gasteiger partial charge is 0.407 e. The molecule has 45 heavy (non-hydrogen) atoms. The van der Waals surface area contributed by atoms with Gasteiger partial charge in [0.25, 0.3) is 0 Å². The number of ether oxygens (including phenoxy) is 3. The number of hydrogen-bond acceptors (Lipinski definition) is 11. The fourth-order valence-corrected chi connectivity index (χ4v) is 8.17. The Morgan fingerprint density at radius 2 is 1.96 bits per heavy atom. The maximum atomic E-state index is 13.5. The van der Waals surface area contributed by atoms with Gasteiger partial charge in [0.2, 0.25) is 25.9 Å². The van der Waals surface area contributed by atoms with Gasteiger partial charge in [0.15, 0.2) is 0 Å². The van der Waals surface area contributed by atoms with Crippen LogP contribution in [0.4, 0.5) is 10.5 Å². The van der Waals surface area contributed by atoms with Crippen LogP contribution in [0.1, 0.15) is 26.2 Å². The van der Waals surface area contributed by atoms with Gasteiger partial charge in [0.1, 0.15) is 35.1 Å². The lowest BCUT2D eigenvalue weighted by molar-refractivity contribution is -0.0319. The standard InChI is InChI=1S/C28H39N5O10S2/c1-19-15-31(3)25-12-24(14-30-26(25)43-19)45(39,40)32-9-7-28(8-10-32)13-20(17-42-28)33(27(35)36)16-21(34)18-41-22-5-4-6-23(11-22)44(37,38)29-2/h4-6,11-12,14,19-21,29,34H,7-10,13,15-18H2,1-3H3,(H,35,36)/t19-,20-,21+/m1/s1. The second-order valence-corrected chi connectivity index (χ2v) is 15.5. The van der Waals surface area contributed by atoms with Crippen LogP contribution in [-0.4, -0.2) is 125 Å². The molecule has 0 saturated carbocycles. The zero-order chi connectivity index (χ0) is 32.6. The number of fused-ring (bicyclic) bond motifs is 1. The molecule has 15 nitrogen and oxygen atoms in total. The molecule has 1 amide bonds. The first-order valence-corrected chi connectivity index (χ1v) is 17.5. The van der Waals surface area contributed by atoms with Crippen molar-refractivity contribution in [3.8, 4) is 11.6 Å². The van der Waals surface area contributed by atoms with Gasteiger partial charge in [-0.1, -0.05) is 6.07 Å². The van der Waals surface area contributed by atoms with Crippen molar-refractivity contribution in [2.45, 2.75) is 59.8 Å². The number of carbonyl (C=O) groups is 1. The molecule has 0 unspecified atom stereocenters. The lowest BCUT2D eigenvalue weighted by atomic mass is 9.88. The number of sulfonamides is 2.